The van der Waals surface area contributed by atoms with Crippen molar-refractivity contribution in [2.24, 2.45) is 29.6 Å². The number of hydrogen-bond acceptors (Lipinski definition) is 5. The molecule has 0 spiro atoms. The summed E-state index contributed by atoms with van der Waals surface area (Å²) in [6.45, 7) is 22.2. The zero-order chi connectivity index (χ0) is 25.0. The van der Waals surface area contributed by atoms with E-state index in [9.17, 15) is 14.4 Å². The zero-order valence-corrected chi connectivity index (χ0v) is 23.2. The number of cyclic esters (lactones) is 1. The molecule has 6 heteroatoms. The van der Waals surface area contributed by atoms with E-state index in [1.165, 1.54) is 0 Å². The normalized spacial score (nSPS) is 35.2. The van der Waals surface area contributed by atoms with Gasteiger partial charge in [0.25, 0.3) is 0 Å². The first kappa shape index (κ1) is 28.8. The molecule has 0 amide bonds. The molecule has 0 radical (unpaired) electrons. The van der Waals surface area contributed by atoms with Gasteiger partial charge in [0.15, 0.2) is 19.9 Å². The Kier molecular flexibility index (Phi) is 10.1. The summed E-state index contributed by atoms with van der Waals surface area (Å²) in [6.07, 6.45) is 3.98. The van der Waals surface area contributed by atoms with Crippen molar-refractivity contribution in [1.82, 2.24) is 0 Å². The topological polar surface area (TPSA) is 69.7 Å². The minimum atomic E-state index is -2.19. The molecule has 0 unspecified atom stereocenters. The number of esters is 1. The van der Waals surface area contributed by atoms with Crippen LogP contribution in [0.15, 0.2) is 12.2 Å². The highest BCUT2D eigenvalue weighted by Crippen LogP contribution is 2.40. The van der Waals surface area contributed by atoms with Gasteiger partial charge in [-0.05, 0) is 49.9 Å². The lowest BCUT2D eigenvalue weighted by Gasteiger charge is -2.43. The third kappa shape index (κ3) is 7.11. The van der Waals surface area contributed by atoms with E-state index in [0.29, 0.717) is 12.8 Å². The van der Waals surface area contributed by atoms with Gasteiger partial charge in [-0.25, -0.2) is 0 Å². The Morgan fingerprint density at radius 3 is 2.12 bits per heavy atom. The first-order valence-corrected chi connectivity index (χ1v) is 15.1. The molecule has 0 aromatic heterocycles. The molecule has 1 aliphatic heterocycles. The standard InChI is InChI=1S/C26H46O5Si/c1-12-22-16(2)13-14-21(27)17(3)15-18(4)24(31-32(10,11)26(7,8)9)19(5)23(28)20(6)25(29)30-22/h13-14,16-20,22,24H,12,15H2,1-11H3/b14-13+/t16-,17-,18+,19+,20-,22-,24+/m1/s1. The Hall–Kier alpha value is -1.27. The van der Waals surface area contributed by atoms with E-state index < -0.39 is 26.1 Å². The molecule has 5 nitrogen and oxygen atoms in total. The van der Waals surface area contributed by atoms with E-state index in [0.717, 1.165) is 0 Å². The fourth-order valence-electron chi connectivity index (χ4n) is 4.06. The number of carbonyl (C=O) groups excluding carboxylic acids is 3. The molecule has 1 rings (SSSR count). The van der Waals surface area contributed by atoms with Gasteiger partial charge in [-0.3, -0.25) is 14.4 Å². The van der Waals surface area contributed by atoms with Crippen molar-refractivity contribution in [2.45, 2.75) is 105 Å². The van der Waals surface area contributed by atoms with Crippen LogP contribution in [0, 0.1) is 29.6 Å². The summed E-state index contributed by atoms with van der Waals surface area (Å²) in [7, 11) is -2.19. The highest BCUT2D eigenvalue weighted by atomic mass is 28.4. The van der Waals surface area contributed by atoms with Crippen LogP contribution in [0.25, 0.3) is 0 Å². The lowest BCUT2D eigenvalue weighted by atomic mass is 9.81. The van der Waals surface area contributed by atoms with Gasteiger partial charge >= 0.3 is 5.97 Å². The van der Waals surface area contributed by atoms with Crippen molar-refractivity contribution in [3.63, 3.8) is 0 Å². The SMILES string of the molecule is CC[C@H]1OC(=O)[C@H](C)C(=O)[C@H](C)[C@@H](O[Si](C)(C)C(C)(C)C)[C@@H](C)C[C@@H](C)C(=O)/C=C/[C@H]1C. The maximum atomic E-state index is 13.4. The fourth-order valence-corrected chi connectivity index (χ4v) is 5.53. The van der Waals surface area contributed by atoms with Crippen molar-refractivity contribution >= 4 is 25.9 Å². The average molecular weight is 467 g/mol. The molecule has 0 aliphatic carbocycles. The number of Topliss-reactive ketones (excluding diaryl/α,β-unsaturated/α-hetero) is 1. The largest absolute Gasteiger partial charge is 0.461 e. The van der Waals surface area contributed by atoms with Crippen molar-refractivity contribution in [1.29, 1.82) is 0 Å². The van der Waals surface area contributed by atoms with E-state index in [4.69, 9.17) is 9.16 Å². The molecule has 1 aliphatic rings. The molecule has 184 valence electrons. The number of ether oxygens (including phenoxy) is 1. The van der Waals surface area contributed by atoms with Crippen LogP contribution in [-0.4, -0.2) is 38.1 Å². The molecule has 0 saturated heterocycles. The summed E-state index contributed by atoms with van der Waals surface area (Å²) in [6, 6.07) is 0. The highest BCUT2D eigenvalue weighted by Gasteiger charge is 2.44. The van der Waals surface area contributed by atoms with E-state index >= 15 is 0 Å². The lowest BCUT2D eigenvalue weighted by molar-refractivity contribution is -0.159. The summed E-state index contributed by atoms with van der Waals surface area (Å²) in [4.78, 5) is 39.0. The van der Waals surface area contributed by atoms with E-state index in [1.807, 2.05) is 33.8 Å². The van der Waals surface area contributed by atoms with Gasteiger partial charge in [-0.15, -0.1) is 0 Å². The van der Waals surface area contributed by atoms with Gasteiger partial charge in [0.2, 0.25) is 0 Å². The summed E-state index contributed by atoms with van der Waals surface area (Å²) in [5.41, 5.74) is 0. The van der Waals surface area contributed by atoms with Crippen molar-refractivity contribution in [3.8, 4) is 0 Å². The molecule has 1 heterocycles. The fraction of sp³-hybridized carbons (Fsp3) is 0.808. The second-order valence-corrected chi connectivity index (χ2v) is 16.1. The molecular formula is C26H46O5Si. The van der Waals surface area contributed by atoms with Gasteiger partial charge in [0.05, 0.1) is 6.10 Å². The molecule has 7 atom stereocenters. The number of rotatable bonds is 3. The lowest BCUT2D eigenvalue weighted by Crippen LogP contribution is -2.50. The molecule has 0 aromatic rings. The smallest absolute Gasteiger partial charge is 0.316 e. The second-order valence-electron chi connectivity index (χ2n) is 11.4. The predicted molar refractivity (Wildman–Crippen MR) is 132 cm³/mol. The summed E-state index contributed by atoms with van der Waals surface area (Å²) < 4.78 is 12.5. The Labute approximate surface area is 196 Å². The number of carbonyl (C=O) groups is 3. The molecule has 32 heavy (non-hydrogen) atoms. The summed E-state index contributed by atoms with van der Waals surface area (Å²) in [5.74, 6) is -2.21. The Bertz CT molecular complexity index is 705. The second kappa shape index (κ2) is 11.2. The maximum absolute atomic E-state index is 13.4. The molecule has 0 bridgehead atoms. The first-order chi connectivity index (χ1) is 14.5. The third-order valence-corrected chi connectivity index (χ3v) is 12.0. The summed E-state index contributed by atoms with van der Waals surface area (Å²) >= 11 is 0. The highest BCUT2D eigenvalue weighted by molar-refractivity contribution is 6.74. The minimum absolute atomic E-state index is 0.0117. The van der Waals surface area contributed by atoms with Gasteiger partial charge < -0.3 is 9.16 Å². The van der Waals surface area contributed by atoms with E-state index in [1.54, 1.807) is 13.0 Å². The number of hydrogen-bond donors (Lipinski definition) is 0. The van der Waals surface area contributed by atoms with E-state index in [-0.39, 0.29) is 46.6 Å². The third-order valence-electron chi connectivity index (χ3n) is 7.55. The van der Waals surface area contributed by atoms with Crippen LogP contribution in [-0.2, 0) is 23.5 Å². The number of allylic oxidation sites excluding steroid dienone is 1. The van der Waals surface area contributed by atoms with Crippen LogP contribution in [0.4, 0.5) is 0 Å². The van der Waals surface area contributed by atoms with Gasteiger partial charge in [-0.1, -0.05) is 61.5 Å². The Morgan fingerprint density at radius 1 is 1.06 bits per heavy atom. The van der Waals surface area contributed by atoms with Crippen LogP contribution in [0.1, 0.15) is 75.2 Å². The minimum Gasteiger partial charge on any atom is -0.461 e. The maximum Gasteiger partial charge on any atom is 0.316 e. The van der Waals surface area contributed by atoms with Gasteiger partial charge in [0, 0.05) is 17.8 Å². The van der Waals surface area contributed by atoms with Crippen LogP contribution in [0.2, 0.25) is 18.1 Å². The number of ketones is 2. The first-order valence-electron chi connectivity index (χ1n) is 12.2. The van der Waals surface area contributed by atoms with E-state index in [2.05, 4.69) is 40.8 Å². The van der Waals surface area contributed by atoms with Crippen LogP contribution >= 0.6 is 0 Å². The van der Waals surface area contributed by atoms with Crippen LogP contribution in [0.5, 0.6) is 0 Å². The molecule has 0 fully saturated rings. The van der Waals surface area contributed by atoms with Crippen LogP contribution < -0.4 is 0 Å². The van der Waals surface area contributed by atoms with Gasteiger partial charge in [-0.2, -0.15) is 0 Å². The Balaban J connectivity index is 3.41. The summed E-state index contributed by atoms with van der Waals surface area (Å²) in [5, 5.41) is -0.0201. The Morgan fingerprint density at radius 2 is 1.62 bits per heavy atom. The molecule has 0 saturated carbocycles. The monoisotopic (exact) mass is 466 g/mol. The predicted octanol–water partition coefficient (Wildman–Crippen LogP) is 5.98. The average Bonchev–Trinajstić information content (AvgIpc) is 2.70. The molecule has 0 aromatic carbocycles. The quantitative estimate of drug-likeness (QED) is 0.291. The molecule has 0 N–H and O–H groups in total. The van der Waals surface area contributed by atoms with Crippen LogP contribution in [0.3, 0.4) is 0 Å². The van der Waals surface area contributed by atoms with Crippen molar-refractivity contribution in [2.75, 3.05) is 0 Å². The molecular weight excluding hydrogens is 420 g/mol. The van der Waals surface area contributed by atoms with Crippen molar-refractivity contribution < 1.29 is 23.5 Å². The van der Waals surface area contributed by atoms with Crippen molar-refractivity contribution in [3.05, 3.63) is 12.2 Å². The van der Waals surface area contributed by atoms with Gasteiger partial charge in [0.1, 0.15) is 12.0 Å². The zero-order valence-electron chi connectivity index (χ0n) is 22.2.